The van der Waals surface area contributed by atoms with E-state index in [1.807, 2.05) is 6.07 Å². The molecule has 0 aliphatic carbocycles. The molecule has 3 heteroatoms. The van der Waals surface area contributed by atoms with E-state index in [-0.39, 0.29) is 11.9 Å². The predicted molar refractivity (Wildman–Crippen MR) is 75.4 cm³/mol. The monoisotopic (exact) mass is 259 g/mol. The Balaban J connectivity index is 2.05. The molecule has 0 bridgehead atoms. The number of rotatable bonds is 1. The van der Waals surface area contributed by atoms with Gasteiger partial charge in [0.2, 0.25) is 0 Å². The lowest BCUT2D eigenvalue weighted by atomic mass is 9.80. The van der Waals surface area contributed by atoms with Crippen LogP contribution in [0.5, 0.6) is 0 Å². The molecule has 1 saturated heterocycles. The first-order valence-corrected chi connectivity index (χ1v) is 7.17. The minimum atomic E-state index is -0.0923. The fourth-order valence-electron chi connectivity index (χ4n) is 3.73. The van der Waals surface area contributed by atoms with Crippen LogP contribution in [0.25, 0.3) is 0 Å². The Morgan fingerprint density at radius 2 is 2.11 bits per heavy atom. The van der Waals surface area contributed by atoms with Crippen LogP contribution >= 0.6 is 0 Å². The third kappa shape index (κ3) is 2.01. The van der Waals surface area contributed by atoms with Crippen LogP contribution < -0.4 is 4.90 Å². The van der Waals surface area contributed by atoms with Crippen LogP contribution in [-0.4, -0.2) is 25.2 Å². The summed E-state index contributed by atoms with van der Waals surface area (Å²) < 4.78 is 5.00. The summed E-state index contributed by atoms with van der Waals surface area (Å²) >= 11 is 0. The van der Waals surface area contributed by atoms with Crippen molar-refractivity contribution in [1.29, 1.82) is 0 Å². The number of benzene rings is 1. The fourth-order valence-corrected chi connectivity index (χ4v) is 3.73. The van der Waals surface area contributed by atoms with E-state index in [1.165, 1.54) is 32.1 Å². The summed E-state index contributed by atoms with van der Waals surface area (Å²) in [6.07, 6.45) is 4.59. The molecule has 0 amide bonds. The molecule has 2 aliphatic heterocycles. The Bertz CT molecular complexity index is 485. The van der Waals surface area contributed by atoms with Gasteiger partial charge in [0.25, 0.3) is 0 Å². The molecule has 2 heterocycles. The van der Waals surface area contributed by atoms with Crippen LogP contribution in [0.15, 0.2) is 24.3 Å². The highest BCUT2D eigenvalue weighted by atomic mass is 16.5. The molecular weight excluding hydrogens is 238 g/mol. The zero-order valence-corrected chi connectivity index (χ0v) is 11.6. The van der Waals surface area contributed by atoms with Gasteiger partial charge < -0.3 is 9.64 Å². The molecule has 3 atom stereocenters. The van der Waals surface area contributed by atoms with Crippen LogP contribution in [-0.2, 0) is 9.53 Å². The highest BCUT2D eigenvalue weighted by Crippen LogP contribution is 2.43. The molecule has 0 N–H and O–H groups in total. The fraction of sp³-hybridized carbons (Fsp3) is 0.562. The van der Waals surface area contributed by atoms with E-state index < -0.39 is 0 Å². The number of esters is 1. The normalized spacial score (nSPS) is 29.4. The summed E-state index contributed by atoms with van der Waals surface area (Å²) in [5.41, 5.74) is 2.38. The summed E-state index contributed by atoms with van der Waals surface area (Å²) in [6, 6.07) is 9.37. The van der Waals surface area contributed by atoms with Gasteiger partial charge in [0.1, 0.15) is 0 Å². The Morgan fingerprint density at radius 3 is 2.89 bits per heavy atom. The molecule has 102 valence electrons. The minimum absolute atomic E-state index is 0.0900. The molecule has 0 aromatic heterocycles. The molecule has 3 rings (SSSR count). The van der Waals surface area contributed by atoms with Crippen LogP contribution in [0.4, 0.5) is 5.69 Å². The number of hydrogen-bond donors (Lipinski definition) is 0. The number of fused-ring (bicyclic) bond motifs is 3. The van der Waals surface area contributed by atoms with Crippen molar-refractivity contribution >= 4 is 11.7 Å². The van der Waals surface area contributed by atoms with Gasteiger partial charge in [-0.2, -0.15) is 0 Å². The van der Waals surface area contributed by atoms with Crippen molar-refractivity contribution in [3.05, 3.63) is 29.8 Å². The topological polar surface area (TPSA) is 29.5 Å². The Kier molecular flexibility index (Phi) is 3.21. The van der Waals surface area contributed by atoms with Crippen molar-refractivity contribution in [3.63, 3.8) is 0 Å². The number of methoxy groups -OCH3 is 1. The van der Waals surface area contributed by atoms with Crippen molar-refractivity contribution in [3.8, 4) is 0 Å². The Labute approximate surface area is 114 Å². The molecule has 2 aliphatic rings. The highest BCUT2D eigenvalue weighted by Gasteiger charge is 2.39. The molecule has 0 spiro atoms. The molecule has 1 aromatic carbocycles. The third-order valence-electron chi connectivity index (χ3n) is 4.61. The zero-order valence-electron chi connectivity index (χ0n) is 11.6. The Morgan fingerprint density at radius 1 is 1.32 bits per heavy atom. The van der Waals surface area contributed by atoms with Crippen molar-refractivity contribution in [2.45, 2.75) is 50.6 Å². The average Bonchev–Trinajstić information content (AvgIpc) is 2.45. The first-order valence-electron chi connectivity index (χ1n) is 7.17. The lowest BCUT2D eigenvalue weighted by molar-refractivity contribution is -0.142. The van der Waals surface area contributed by atoms with Gasteiger partial charge >= 0.3 is 5.97 Å². The van der Waals surface area contributed by atoms with Gasteiger partial charge in [0, 0.05) is 17.8 Å². The van der Waals surface area contributed by atoms with Crippen LogP contribution in [0, 0.1) is 0 Å². The van der Waals surface area contributed by atoms with E-state index in [9.17, 15) is 4.79 Å². The van der Waals surface area contributed by atoms with Gasteiger partial charge in [-0.25, -0.2) is 0 Å². The summed E-state index contributed by atoms with van der Waals surface area (Å²) in [6.45, 7) is 2.29. The quantitative estimate of drug-likeness (QED) is 0.726. The number of ether oxygens (including phenoxy) is 1. The van der Waals surface area contributed by atoms with Crippen LogP contribution in [0.2, 0.25) is 0 Å². The van der Waals surface area contributed by atoms with E-state index in [0.717, 1.165) is 12.0 Å². The van der Waals surface area contributed by atoms with E-state index in [1.54, 1.807) is 0 Å². The predicted octanol–water partition coefficient (Wildman–Crippen LogP) is 3.09. The number of para-hydroxylation sites is 1. The maximum atomic E-state index is 12.0. The molecule has 3 nitrogen and oxygen atoms in total. The molecule has 1 fully saturated rings. The van der Waals surface area contributed by atoms with Gasteiger partial charge in [-0.05, 0) is 44.2 Å². The summed E-state index contributed by atoms with van der Waals surface area (Å²) in [5.74, 6) is -0.182. The standard InChI is InChI=1S/C16H21NO2/c1-11-6-5-7-12-10-14(16(18)19-2)13-8-3-4-9-15(13)17(11)12/h3-4,8-9,11-12,14H,5-7,10H2,1-2H3/t11-,12-,14+/m1/s1. The number of anilines is 1. The van der Waals surface area contributed by atoms with Crippen LogP contribution in [0.1, 0.15) is 44.1 Å². The summed E-state index contributed by atoms with van der Waals surface area (Å²) in [5, 5.41) is 0. The van der Waals surface area contributed by atoms with E-state index in [4.69, 9.17) is 4.74 Å². The Hall–Kier alpha value is -1.51. The smallest absolute Gasteiger partial charge is 0.313 e. The van der Waals surface area contributed by atoms with Gasteiger partial charge in [-0.3, -0.25) is 4.79 Å². The lowest BCUT2D eigenvalue weighted by Crippen LogP contribution is -2.49. The van der Waals surface area contributed by atoms with Gasteiger partial charge in [-0.1, -0.05) is 18.2 Å². The van der Waals surface area contributed by atoms with Crippen LogP contribution in [0.3, 0.4) is 0 Å². The number of hydrogen-bond acceptors (Lipinski definition) is 3. The SMILES string of the molecule is COC(=O)[C@H]1C[C@H]2CCC[C@@H](C)N2c2ccccc21. The molecule has 0 unspecified atom stereocenters. The molecule has 0 radical (unpaired) electrons. The zero-order chi connectivity index (χ0) is 13.4. The summed E-state index contributed by atoms with van der Waals surface area (Å²) in [7, 11) is 1.49. The van der Waals surface area contributed by atoms with E-state index >= 15 is 0 Å². The molecule has 19 heavy (non-hydrogen) atoms. The number of carbonyl (C=O) groups is 1. The average molecular weight is 259 g/mol. The number of piperidine rings is 1. The highest BCUT2D eigenvalue weighted by molar-refractivity contribution is 5.82. The second-order valence-electron chi connectivity index (χ2n) is 5.71. The first-order chi connectivity index (χ1) is 9.22. The first kappa shape index (κ1) is 12.5. The second kappa shape index (κ2) is 4.87. The van der Waals surface area contributed by atoms with Gasteiger partial charge in [0.15, 0.2) is 0 Å². The van der Waals surface area contributed by atoms with Crippen molar-refractivity contribution < 1.29 is 9.53 Å². The van der Waals surface area contributed by atoms with Crippen molar-refractivity contribution in [2.24, 2.45) is 0 Å². The molecule has 1 aromatic rings. The molecule has 0 saturated carbocycles. The number of nitrogens with zero attached hydrogens (tertiary/aromatic N) is 1. The molecular formula is C16H21NO2. The van der Waals surface area contributed by atoms with Gasteiger partial charge in [-0.15, -0.1) is 0 Å². The second-order valence-corrected chi connectivity index (χ2v) is 5.71. The minimum Gasteiger partial charge on any atom is -0.469 e. The maximum absolute atomic E-state index is 12.0. The lowest BCUT2D eigenvalue weighted by Gasteiger charge is -2.48. The summed E-state index contributed by atoms with van der Waals surface area (Å²) in [4.78, 5) is 14.6. The van der Waals surface area contributed by atoms with E-state index in [2.05, 4.69) is 30.0 Å². The van der Waals surface area contributed by atoms with Crippen molar-refractivity contribution in [1.82, 2.24) is 0 Å². The van der Waals surface area contributed by atoms with Crippen molar-refractivity contribution in [2.75, 3.05) is 12.0 Å². The largest absolute Gasteiger partial charge is 0.469 e. The third-order valence-corrected chi connectivity index (χ3v) is 4.61. The maximum Gasteiger partial charge on any atom is 0.313 e. The number of carbonyl (C=O) groups excluding carboxylic acids is 1. The van der Waals surface area contributed by atoms with Gasteiger partial charge in [0.05, 0.1) is 13.0 Å². The van der Waals surface area contributed by atoms with E-state index in [0.29, 0.717) is 12.1 Å².